The Balaban J connectivity index is 2.37. The third-order valence-corrected chi connectivity index (χ3v) is 2.56. The van der Waals surface area contributed by atoms with Gasteiger partial charge in [0.05, 0.1) is 30.0 Å². The highest BCUT2D eigenvalue weighted by atomic mass is 16.2. The molecule has 0 saturated carbocycles. The summed E-state index contributed by atoms with van der Waals surface area (Å²) in [6, 6.07) is 0. The van der Waals surface area contributed by atoms with Gasteiger partial charge in [-0.2, -0.15) is 5.10 Å². The first-order chi connectivity index (χ1) is 8.09. The molecule has 88 valence electrons. The van der Waals surface area contributed by atoms with Gasteiger partial charge in [-0.05, 0) is 6.92 Å². The molecule has 0 aliphatic carbocycles. The van der Waals surface area contributed by atoms with E-state index in [9.17, 15) is 4.79 Å². The van der Waals surface area contributed by atoms with Gasteiger partial charge in [0, 0.05) is 14.0 Å². The number of hydrogen-bond acceptors (Lipinski definition) is 4. The minimum Gasteiger partial charge on any atom is -0.313 e. The van der Waals surface area contributed by atoms with Crippen LogP contribution in [0, 0.1) is 6.92 Å². The zero-order valence-corrected chi connectivity index (χ0v) is 9.95. The van der Waals surface area contributed by atoms with Crippen molar-refractivity contribution in [3.8, 4) is 5.69 Å². The molecule has 1 amide bonds. The zero-order valence-electron chi connectivity index (χ0n) is 9.95. The van der Waals surface area contributed by atoms with E-state index in [1.807, 2.05) is 6.92 Å². The van der Waals surface area contributed by atoms with E-state index in [1.165, 1.54) is 18.2 Å². The fourth-order valence-corrected chi connectivity index (χ4v) is 1.41. The van der Waals surface area contributed by atoms with Crippen LogP contribution in [0.5, 0.6) is 0 Å². The van der Waals surface area contributed by atoms with Crippen LogP contribution in [-0.2, 0) is 4.79 Å². The number of anilines is 1. The maximum atomic E-state index is 11.2. The summed E-state index contributed by atoms with van der Waals surface area (Å²) >= 11 is 0. The number of rotatable bonds is 2. The maximum Gasteiger partial charge on any atom is 0.223 e. The highest BCUT2D eigenvalue weighted by molar-refractivity contribution is 5.90. The number of aromatic nitrogens is 4. The van der Waals surface area contributed by atoms with Crippen LogP contribution in [0.2, 0.25) is 0 Å². The Morgan fingerprint density at radius 1 is 1.41 bits per heavy atom. The Kier molecular flexibility index (Phi) is 2.86. The maximum absolute atomic E-state index is 11.2. The topological polar surface area (TPSA) is 63.9 Å². The van der Waals surface area contributed by atoms with Crippen LogP contribution >= 0.6 is 0 Å². The van der Waals surface area contributed by atoms with E-state index in [0.29, 0.717) is 0 Å². The van der Waals surface area contributed by atoms with Gasteiger partial charge in [0.1, 0.15) is 12.0 Å². The molecule has 0 aliphatic heterocycles. The SMILES string of the molecule is CC(=O)N(C)c1cnn(-c2cncnc2C)c1. The quantitative estimate of drug-likeness (QED) is 0.772. The molecule has 2 aromatic heterocycles. The predicted octanol–water partition coefficient (Wildman–Crippen LogP) is 0.953. The summed E-state index contributed by atoms with van der Waals surface area (Å²) in [5.74, 6) is -0.0365. The van der Waals surface area contributed by atoms with Crippen LogP contribution in [0.1, 0.15) is 12.6 Å². The van der Waals surface area contributed by atoms with Gasteiger partial charge >= 0.3 is 0 Å². The molecule has 2 rings (SSSR count). The van der Waals surface area contributed by atoms with Gasteiger partial charge in [-0.1, -0.05) is 0 Å². The Morgan fingerprint density at radius 3 is 2.82 bits per heavy atom. The molecule has 0 bridgehead atoms. The van der Waals surface area contributed by atoms with E-state index < -0.39 is 0 Å². The molecular formula is C11H13N5O. The van der Waals surface area contributed by atoms with Crippen LogP contribution in [-0.4, -0.2) is 32.7 Å². The van der Waals surface area contributed by atoms with Crippen LogP contribution in [0.15, 0.2) is 24.9 Å². The fourth-order valence-electron chi connectivity index (χ4n) is 1.41. The first-order valence-corrected chi connectivity index (χ1v) is 5.15. The lowest BCUT2D eigenvalue weighted by Crippen LogP contribution is -2.22. The third kappa shape index (κ3) is 2.15. The molecule has 0 spiro atoms. The molecule has 0 N–H and O–H groups in total. The standard InChI is InChI=1S/C11H13N5O/c1-8-11(5-12-7-13-8)16-6-10(4-14-16)15(3)9(2)17/h4-7H,1-3H3. The highest BCUT2D eigenvalue weighted by Gasteiger charge is 2.10. The van der Waals surface area contributed by atoms with Crippen LogP contribution in [0.3, 0.4) is 0 Å². The Labute approximate surface area is 98.9 Å². The molecule has 0 fully saturated rings. The molecule has 17 heavy (non-hydrogen) atoms. The van der Waals surface area contributed by atoms with Crippen molar-refractivity contribution in [1.29, 1.82) is 0 Å². The number of aryl methyl sites for hydroxylation is 1. The molecule has 0 aromatic carbocycles. The third-order valence-electron chi connectivity index (χ3n) is 2.56. The normalized spacial score (nSPS) is 10.3. The smallest absolute Gasteiger partial charge is 0.223 e. The van der Waals surface area contributed by atoms with Crippen molar-refractivity contribution >= 4 is 11.6 Å². The Hall–Kier alpha value is -2.24. The summed E-state index contributed by atoms with van der Waals surface area (Å²) in [6.45, 7) is 3.39. The number of carbonyl (C=O) groups is 1. The second kappa shape index (κ2) is 4.32. The lowest BCUT2D eigenvalue weighted by Gasteiger charge is -2.11. The van der Waals surface area contributed by atoms with Gasteiger partial charge in [0.15, 0.2) is 0 Å². The van der Waals surface area contributed by atoms with E-state index in [2.05, 4.69) is 15.1 Å². The second-order valence-corrected chi connectivity index (χ2v) is 3.71. The van der Waals surface area contributed by atoms with E-state index >= 15 is 0 Å². The van der Waals surface area contributed by atoms with Crippen molar-refractivity contribution in [2.24, 2.45) is 0 Å². The Bertz CT molecular complexity index is 548. The molecule has 0 unspecified atom stereocenters. The number of carbonyl (C=O) groups excluding carboxylic acids is 1. The minimum atomic E-state index is -0.0365. The van der Waals surface area contributed by atoms with Crippen molar-refractivity contribution in [2.75, 3.05) is 11.9 Å². The van der Waals surface area contributed by atoms with Crippen molar-refractivity contribution in [3.63, 3.8) is 0 Å². The summed E-state index contributed by atoms with van der Waals surface area (Å²) in [5.41, 5.74) is 2.37. The lowest BCUT2D eigenvalue weighted by molar-refractivity contribution is -0.116. The molecule has 6 nitrogen and oxygen atoms in total. The van der Waals surface area contributed by atoms with Crippen LogP contribution in [0.4, 0.5) is 5.69 Å². The molecule has 0 aliphatic rings. The minimum absolute atomic E-state index is 0.0365. The van der Waals surface area contributed by atoms with Gasteiger partial charge < -0.3 is 4.90 Å². The first kappa shape index (κ1) is 11.3. The second-order valence-electron chi connectivity index (χ2n) is 3.71. The van der Waals surface area contributed by atoms with E-state index in [4.69, 9.17) is 0 Å². The van der Waals surface area contributed by atoms with Gasteiger partial charge in [0.25, 0.3) is 0 Å². The first-order valence-electron chi connectivity index (χ1n) is 5.15. The van der Waals surface area contributed by atoms with Crippen molar-refractivity contribution < 1.29 is 4.79 Å². The summed E-state index contributed by atoms with van der Waals surface area (Å²) in [5, 5.41) is 4.19. The largest absolute Gasteiger partial charge is 0.313 e. The Morgan fingerprint density at radius 2 is 2.18 bits per heavy atom. The summed E-state index contributed by atoms with van der Waals surface area (Å²) in [7, 11) is 1.71. The summed E-state index contributed by atoms with van der Waals surface area (Å²) in [4.78, 5) is 20.8. The fraction of sp³-hybridized carbons (Fsp3) is 0.273. The number of nitrogens with zero attached hydrogens (tertiary/aromatic N) is 5. The van der Waals surface area contributed by atoms with E-state index in [-0.39, 0.29) is 5.91 Å². The monoisotopic (exact) mass is 231 g/mol. The molecule has 0 radical (unpaired) electrons. The molecule has 6 heteroatoms. The predicted molar refractivity (Wildman–Crippen MR) is 63.0 cm³/mol. The highest BCUT2D eigenvalue weighted by Crippen LogP contribution is 2.15. The van der Waals surface area contributed by atoms with Gasteiger partial charge in [-0.25, -0.2) is 14.6 Å². The molecule has 0 saturated heterocycles. The van der Waals surface area contributed by atoms with Crippen molar-refractivity contribution in [1.82, 2.24) is 19.7 Å². The van der Waals surface area contributed by atoms with Gasteiger partial charge in [-0.15, -0.1) is 0 Å². The van der Waals surface area contributed by atoms with E-state index in [1.54, 1.807) is 30.3 Å². The van der Waals surface area contributed by atoms with Crippen molar-refractivity contribution in [3.05, 3.63) is 30.6 Å². The number of amides is 1. The summed E-state index contributed by atoms with van der Waals surface area (Å²) < 4.78 is 1.66. The van der Waals surface area contributed by atoms with Gasteiger partial charge in [-0.3, -0.25) is 4.79 Å². The molecule has 2 heterocycles. The van der Waals surface area contributed by atoms with Crippen LogP contribution < -0.4 is 4.90 Å². The van der Waals surface area contributed by atoms with E-state index in [0.717, 1.165) is 17.1 Å². The van der Waals surface area contributed by atoms with Crippen molar-refractivity contribution in [2.45, 2.75) is 13.8 Å². The zero-order chi connectivity index (χ0) is 12.4. The van der Waals surface area contributed by atoms with Crippen LogP contribution in [0.25, 0.3) is 5.69 Å². The average molecular weight is 231 g/mol. The average Bonchev–Trinajstić information content (AvgIpc) is 2.77. The molecule has 0 atom stereocenters. The molecular weight excluding hydrogens is 218 g/mol. The van der Waals surface area contributed by atoms with Gasteiger partial charge in [0.2, 0.25) is 5.91 Å². The number of hydrogen-bond donors (Lipinski definition) is 0. The molecule has 2 aromatic rings. The lowest BCUT2D eigenvalue weighted by atomic mass is 10.4. The summed E-state index contributed by atoms with van der Waals surface area (Å²) in [6.07, 6.45) is 6.58.